The van der Waals surface area contributed by atoms with Gasteiger partial charge in [-0.3, -0.25) is 0 Å². The molecule has 0 bridgehead atoms. The third-order valence-electron chi connectivity index (χ3n) is 3.67. The van der Waals surface area contributed by atoms with E-state index < -0.39 is 0 Å². The molecule has 3 heterocycles. The fourth-order valence-corrected chi connectivity index (χ4v) is 3.62. The van der Waals surface area contributed by atoms with Gasteiger partial charge in [0.05, 0.1) is 12.6 Å². The summed E-state index contributed by atoms with van der Waals surface area (Å²) in [5.74, 6) is 0. The Morgan fingerprint density at radius 2 is 2.47 bits per heavy atom. The van der Waals surface area contributed by atoms with E-state index in [1.165, 1.54) is 0 Å². The topological polar surface area (TPSA) is 47.5 Å². The predicted octanol–water partition coefficient (Wildman–Crippen LogP) is 1.79. The first-order valence-corrected chi connectivity index (χ1v) is 7.52. The zero-order valence-corrected chi connectivity index (χ0v) is 11.9. The molecule has 19 heavy (non-hydrogen) atoms. The quantitative estimate of drug-likeness (QED) is 0.787. The summed E-state index contributed by atoms with van der Waals surface area (Å²) in [6.45, 7) is 7.92. The second kappa shape index (κ2) is 5.56. The standard InChI is InChI=1S/C13H19N3O2S/c1-3-6-17-11-8-16(13-15-14-9(2)19-13)10-5-4-7-18-12(10)11/h3,10-12H,1,4-8H2,2H3/t10-,11-,12+/m1/s1. The summed E-state index contributed by atoms with van der Waals surface area (Å²) in [6.07, 6.45) is 4.28. The number of fused-ring (bicyclic) bond motifs is 1. The number of ether oxygens (including phenoxy) is 2. The van der Waals surface area contributed by atoms with Gasteiger partial charge in [-0.2, -0.15) is 0 Å². The van der Waals surface area contributed by atoms with Crippen molar-refractivity contribution in [3.63, 3.8) is 0 Å². The summed E-state index contributed by atoms with van der Waals surface area (Å²) in [7, 11) is 0. The molecule has 2 aliphatic rings. The lowest BCUT2D eigenvalue weighted by molar-refractivity contribution is -0.0671. The number of nitrogens with zero attached hydrogens (tertiary/aromatic N) is 3. The van der Waals surface area contributed by atoms with E-state index in [1.807, 2.05) is 6.92 Å². The fourth-order valence-electron chi connectivity index (χ4n) is 2.87. The van der Waals surface area contributed by atoms with E-state index in [2.05, 4.69) is 21.7 Å². The van der Waals surface area contributed by atoms with E-state index >= 15 is 0 Å². The van der Waals surface area contributed by atoms with E-state index in [0.29, 0.717) is 12.6 Å². The van der Waals surface area contributed by atoms with Crippen molar-refractivity contribution in [3.05, 3.63) is 17.7 Å². The Hall–Kier alpha value is -0.980. The normalized spacial score (nSPS) is 30.4. The molecule has 2 aliphatic heterocycles. The van der Waals surface area contributed by atoms with Gasteiger partial charge in [0.25, 0.3) is 0 Å². The third-order valence-corrected chi connectivity index (χ3v) is 4.54. The van der Waals surface area contributed by atoms with Crippen molar-refractivity contribution >= 4 is 16.5 Å². The Labute approximate surface area is 117 Å². The van der Waals surface area contributed by atoms with Gasteiger partial charge < -0.3 is 14.4 Å². The van der Waals surface area contributed by atoms with Crippen LogP contribution < -0.4 is 4.90 Å². The second-order valence-corrected chi connectivity index (χ2v) is 6.12. The maximum absolute atomic E-state index is 5.93. The van der Waals surface area contributed by atoms with Crippen molar-refractivity contribution in [2.45, 2.75) is 38.0 Å². The predicted molar refractivity (Wildman–Crippen MR) is 74.7 cm³/mol. The van der Waals surface area contributed by atoms with E-state index in [0.717, 1.165) is 36.1 Å². The average Bonchev–Trinajstić information content (AvgIpc) is 3.00. The first-order valence-electron chi connectivity index (χ1n) is 6.70. The van der Waals surface area contributed by atoms with Crippen LogP contribution in [0, 0.1) is 6.92 Å². The molecule has 3 rings (SSSR count). The SMILES string of the molecule is C=CCO[C@@H]1CN(c2nnc(C)s2)[C@@H]2CCCO[C@@H]21. The molecule has 0 saturated carbocycles. The number of aromatic nitrogens is 2. The van der Waals surface area contributed by atoms with Crippen LogP contribution in [0.1, 0.15) is 17.8 Å². The number of hydrogen-bond donors (Lipinski definition) is 0. The number of hydrogen-bond acceptors (Lipinski definition) is 6. The molecule has 2 fully saturated rings. The van der Waals surface area contributed by atoms with Crippen LogP contribution >= 0.6 is 11.3 Å². The van der Waals surface area contributed by atoms with E-state index in [-0.39, 0.29) is 12.2 Å². The highest BCUT2D eigenvalue weighted by Crippen LogP contribution is 2.35. The molecule has 0 unspecified atom stereocenters. The van der Waals surface area contributed by atoms with E-state index in [1.54, 1.807) is 17.4 Å². The monoisotopic (exact) mass is 281 g/mol. The van der Waals surface area contributed by atoms with Crippen LogP contribution in [-0.4, -0.2) is 48.2 Å². The van der Waals surface area contributed by atoms with Crippen molar-refractivity contribution in [1.82, 2.24) is 10.2 Å². The molecule has 5 nitrogen and oxygen atoms in total. The summed E-state index contributed by atoms with van der Waals surface area (Å²) in [5.41, 5.74) is 0. The number of aryl methyl sites for hydroxylation is 1. The summed E-state index contributed by atoms with van der Waals surface area (Å²) in [6, 6.07) is 0.371. The lowest BCUT2D eigenvalue weighted by atomic mass is 10.0. The van der Waals surface area contributed by atoms with Crippen LogP contribution in [0.3, 0.4) is 0 Å². The zero-order chi connectivity index (χ0) is 13.2. The maximum Gasteiger partial charge on any atom is 0.208 e. The lowest BCUT2D eigenvalue weighted by Gasteiger charge is -2.31. The van der Waals surface area contributed by atoms with Crippen LogP contribution in [0.15, 0.2) is 12.7 Å². The van der Waals surface area contributed by atoms with Gasteiger partial charge in [0.1, 0.15) is 17.2 Å². The summed E-state index contributed by atoms with van der Waals surface area (Å²) in [5, 5.41) is 10.4. The Morgan fingerprint density at radius 3 is 3.21 bits per heavy atom. The molecule has 0 aliphatic carbocycles. The Bertz CT molecular complexity index is 451. The fraction of sp³-hybridized carbons (Fsp3) is 0.692. The summed E-state index contributed by atoms with van der Waals surface area (Å²) >= 11 is 1.64. The molecule has 2 saturated heterocycles. The van der Waals surface area contributed by atoms with Crippen molar-refractivity contribution in [3.8, 4) is 0 Å². The molecule has 0 aromatic carbocycles. The highest BCUT2D eigenvalue weighted by Gasteiger charge is 2.45. The Balaban J connectivity index is 1.79. The van der Waals surface area contributed by atoms with Crippen molar-refractivity contribution in [2.75, 3.05) is 24.7 Å². The van der Waals surface area contributed by atoms with Gasteiger partial charge in [-0.15, -0.1) is 16.8 Å². The van der Waals surface area contributed by atoms with Crippen LogP contribution in [0.25, 0.3) is 0 Å². The molecule has 0 amide bonds. The molecular formula is C13H19N3O2S. The van der Waals surface area contributed by atoms with Crippen molar-refractivity contribution < 1.29 is 9.47 Å². The Morgan fingerprint density at radius 1 is 1.58 bits per heavy atom. The lowest BCUT2D eigenvalue weighted by Crippen LogP contribution is -2.42. The maximum atomic E-state index is 5.93. The van der Waals surface area contributed by atoms with Crippen molar-refractivity contribution in [2.24, 2.45) is 0 Å². The van der Waals surface area contributed by atoms with E-state index in [4.69, 9.17) is 9.47 Å². The minimum Gasteiger partial charge on any atom is -0.373 e. The van der Waals surface area contributed by atoms with Gasteiger partial charge in [0.2, 0.25) is 5.13 Å². The van der Waals surface area contributed by atoms with Gasteiger partial charge in [-0.05, 0) is 19.8 Å². The highest BCUT2D eigenvalue weighted by molar-refractivity contribution is 7.15. The Kier molecular flexibility index (Phi) is 3.81. The third kappa shape index (κ3) is 2.52. The van der Waals surface area contributed by atoms with Crippen molar-refractivity contribution in [1.29, 1.82) is 0 Å². The summed E-state index contributed by atoms with van der Waals surface area (Å²) < 4.78 is 11.8. The minimum absolute atomic E-state index is 0.104. The molecular weight excluding hydrogens is 262 g/mol. The van der Waals surface area contributed by atoms with Gasteiger partial charge in [-0.1, -0.05) is 17.4 Å². The molecule has 104 valence electrons. The van der Waals surface area contributed by atoms with Gasteiger partial charge >= 0.3 is 0 Å². The molecule has 0 spiro atoms. The smallest absolute Gasteiger partial charge is 0.208 e. The number of rotatable bonds is 4. The first-order chi connectivity index (χ1) is 9.29. The van der Waals surface area contributed by atoms with Gasteiger partial charge in [0.15, 0.2) is 0 Å². The van der Waals surface area contributed by atoms with E-state index in [9.17, 15) is 0 Å². The molecule has 0 N–H and O–H groups in total. The largest absolute Gasteiger partial charge is 0.373 e. The number of anilines is 1. The zero-order valence-electron chi connectivity index (χ0n) is 11.1. The molecule has 1 aromatic rings. The highest BCUT2D eigenvalue weighted by atomic mass is 32.1. The van der Waals surface area contributed by atoms with Crippen LogP contribution in [0.4, 0.5) is 5.13 Å². The van der Waals surface area contributed by atoms with Gasteiger partial charge in [0, 0.05) is 13.2 Å². The second-order valence-electron chi connectivity index (χ2n) is 4.96. The molecule has 1 aromatic heterocycles. The summed E-state index contributed by atoms with van der Waals surface area (Å²) in [4.78, 5) is 2.31. The molecule has 3 atom stereocenters. The van der Waals surface area contributed by atoms with Crippen LogP contribution in [0.5, 0.6) is 0 Å². The first kappa shape index (κ1) is 13.0. The molecule has 6 heteroatoms. The van der Waals surface area contributed by atoms with Gasteiger partial charge in [-0.25, -0.2) is 0 Å². The minimum atomic E-state index is 0.104. The molecule has 0 radical (unpaired) electrons. The van der Waals surface area contributed by atoms with Crippen LogP contribution in [0.2, 0.25) is 0 Å². The van der Waals surface area contributed by atoms with Crippen LogP contribution in [-0.2, 0) is 9.47 Å². The average molecular weight is 281 g/mol.